The van der Waals surface area contributed by atoms with Gasteiger partial charge in [0.15, 0.2) is 0 Å². The number of hydrogen-bond donors (Lipinski definition) is 0. The van der Waals surface area contributed by atoms with E-state index in [2.05, 4.69) is 13.8 Å². The molecular formula is C12H22O. The molecular weight excluding hydrogens is 160 g/mol. The Kier molecular flexibility index (Phi) is 3.95. The zero-order valence-corrected chi connectivity index (χ0v) is 9.01. The molecule has 1 heteroatoms. The second-order valence-electron chi connectivity index (χ2n) is 4.60. The average Bonchev–Trinajstić information content (AvgIpc) is 2.19. The summed E-state index contributed by atoms with van der Waals surface area (Å²) in [5.41, 5.74) is 0.0632. The molecule has 0 saturated heterocycles. The number of rotatable bonds is 4. The van der Waals surface area contributed by atoms with E-state index in [1.807, 2.05) is 0 Å². The molecule has 1 rings (SSSR count). The van der Waals surface area contributed by atoms with E-state index >= 15 is 0 Å². The highest BCUT2D eigenvalue weighted by Gasteiger charge is 2.34. The molecule has 2 unspecified atom stereocenters. The normalized spacial score (nSPS) is 34.5. The molecule has 0 aromatic carbocycles. The molecule has 1 nitrogen and oxygen atoms in total. The molecule has 0 amide bonds. The fourth-order valence-electron chi connectivity index (χ4n) is 2.76. The van der Waals surface area contributed by atoms with Gasteiger partial charge in [-0.3, -0.25) is 0 Å². The van der Waals surface area contributed by atoms with E-state index in [-0.39, 0.29) is 5.41 Å². The fraction of sp³-hybridized carbons (Fsp3) is 0.917. The smallest absolute Gasteiger partial charge is 0.126 e. The van der Waals surface area contributed by atoms with E-state index < -0.39 is 0 Å². The zero-order chi connectivity index (χ0) is 9.73. The molecule has 1 fully saturated rings. The van der Waals surface area contributed by atoms with E-state index in [1.165, 1.54) is 25.5 Å². The van der Waals surface area contributed by atoms with Crippen molar-refractivity contribution in [1.82, 2.24) is 0 Å². The van der Waals surface area contributed by atoms with Crippen LogP contribution in [0.5, 0.6) is 0 Å². The van der Waals surface area contributed by atoms with Crippen LogP contribution in [0.15, 0.2) is 0 Å². The quantitative estimate of drug-likeness (QED) is 0.607. The van der Waals surface area contributed by atoms with Crippen LogP contribution in [0.25, 0.3) is 0 Å². The molecule has 0 radical (unpaired) electrons. The Balaban J connectivity index is 2.58. The summed E-state index contributed by atoms with van der Waals surface area (Å²) in [6.07, 6.45) is 9.65. The topological polar surface area (TPSA) is 17.1 Å². The summed E-state index contributed by atoms with van der Waals surface area (Å²) in [4.78, 5) is 11.1. The van der Waals surface area contributed by atoms with Crippen molar-refractivity contribution in [3.8, 4) is 0 Å². The van der Waals surface area contributed by atoms with Gasteiger partial charge in [0.25, 0.3) is 0 Å². The van der Waals surface area contributed by atoms with Gasteiger partial charge in [-0.1, -0.05) is 39.5 Å². The average molecular weight is 182 g/mol. The van der Waals surface area contributed by atoms with Crippen molar-refractivity contribution >= 4 is 6.29 Å². The van der Waals surface area contributed by atoms with E-state index in [0.29, 0.717) is 0 Å². The van der Waals surface area contributed by atoms with Gasteiger partial charge in [0, 0.05) is 5.41 Å². The first kappa shape index (κ1) is 10.7. The number of aldehydes is 1. The number of carbonyl (C=O) groups is 1. The van der Waals surface area contributed by atoms with E-state index in [0.717, 1.165) is 31.6 Å². The molecule has 1 aliphatic rings. The number of carbonyl (C=O) groups excluding carboxylic acids is 1. The fourth-order valence-corrected chi connectivity index (χ4v) is 2.76. The largest absolute Gasteiger partial charge is 0.303 e. The van der Waals surface area contributed by atoms with Gasteiger partial charge < -0.3 is 4.79 Å². The maximum atomic E-state index is 11.1. The molecule has 0 bridgehead atoms. The third kappa shape index (κ3) is 2.55. The lowest BCUT2D eigenvalue weighted by Gasteiger charge is -2.36. The summed E-state index contributed by atoms with van der Waals surface area (Å²) in [5.74, 6) is 0.811. The zero-order valence-electron chi connectivity index (χ0n) is 9.01. The summed E-state index contributed by atoms with van der Waals surface area (Å²) in [7, 11) is 0. The Morgan fingerprint density at radius 1 is 1.46 bits per heavy atom. The second kappa shape index (κ2) is 4.78. The minimum atomic E-state index is 0.0632. The Morgan fingerprint density at radius 3 is 2.77 bits per heavy atom. The summed E-state index contributed by atoms with van der Waals surface area (Å²) < 4.78 is 0. The Hall–Kier alpha value is -0.330. The molecule has 13 heavy (non-hydrogen) atoms. The van der Waals surface area contributed by atoms with Gasteiger partial charge in [-0.2, -0.15) is 0 Å². The molecule has 0 aromatic heterocycles. The van der Waals surface area contributed by atoms with Gasteiger partial charge in [-0.15, -0.1) is 0 Å². The lowest BCUT2D eigenvalue weighted by Crippen LogP contribution is -2.29. The first-order chi connectivity index (χ1) is 6.26. The van der Waals surface area contributed by atoms with Crippen LogP contribution in [0.4, 0.5) is 0 Å². The molecule has 2 atom stereocenters. The highest BCUT2D eigenvalue weighted by Crippen LogP contribution is 2.42. The first-order valence-corrected chi connectivity index (χ1v) is 5.72. The minimum absolute atomic E-state index is 0.0632. The van der Waals surface area contributed by atoms with Gasteiger partial charge in [0.1, 0.15) is 6.29 Å². The predicted octanol–water partition coefficient (Wildman–Crippen LogP) is 3.57. The highest BCUT2D eigenvalue weighted by molar-refractivity contribution is 5.59. The molecule has 0 N–H and O–H groups in total. The van der Waals surface area contributed by atoms with Crippen LogP contribution in [0, 0.1) is 11.3 Å². The third-order valence-corrected chi connectivity index (χ3v) is 3.56. The standard InChI is InChI=1S/C12H22O/c1-3-7-12(10-13)8-5-6-11(4-2)9-12/h10-11H,3-9H2,1-2H3. The van der Waals surface area contributed by atoms with Crippen molar-refractivity contribution in [3.63, 3.8) is 0 Å². The Labute approximate surface area is 81.9 Å². The highest BCUT2D eigenvalue weighted by atomic mass is 16.1. The predicted molar refractivity (Wildman–Crippen MR) is 55.7 cm³/mol. The molecule has 0 spiro atoms. The summed E-state index contributed by atoms with van der Waals surface area (Å²) >= 11 is 0. The monoisotopic (exact) mass is 182 g/mol. The van der Waals surface area contributed by atoms with Gasteiger partial charge >= 0.3 is 0 Å². The molecule has 0 aromatic rings. The van der Waals surface area contributed by atoms with Crippen LogP contribution in [-0.4, -0.2) is 6.29 Å². The summed E-state index contributed by atoms with van der Waals surface area (Å²) in [6.45, 7) is 4.43. The van der Waals surface area contributed by atoms with Crippen LogP contribution < -0.4 is 0 Å². The lowest BCUT2D eigenvalue weighted by molar-refractivity contribution is -0.119. The Morgan fingerprint density at radius 2 is 2.23 bits per heavy atom. The Bertz CT molecular complexity index is 161. The first-order valence-electron chi connectivity index (χ1n) is 5.72. The van der Waals surface area contributed by atoms with Crippen LogP contribution in [0.1, 0.15) is 58.8 Å². The van der Waals surface area contributed by atoms with E-state index in [1.54, 1.807) is 0 Å². The summed E-state index contributed by atoms with van der Waals surface area (Å²) in [5, 5.41) is 0. The van der Waals surface area contributed by atoms with Crippen LogP contribution in [0.3, 0.4) is 0 Å². The SMILES string of the molecule is CCCC1(C=O)CCCC(CC)C1. The maximum absolute atomic E-state index is 11.1. The second-order valence-corrected chi connectivity index (χ2v) is 4.60. The van der Waals surface area contributed by atoms with Crippen molar-refractivity contribution in [1.29, 1.82) is 0 Å². The van der Waals surface area contributed by atoms with Gasteiger partial charge in [-0.05, 0) is 25.2 Å². The number of hydrogen-bond acceptors (Lipinski definition) is 1. The van der Waals surface area contributed by atoms with Crippen molar-refractivity contribution < 1.29 is 4.79 Å². The lowest BCUT2D eigenvalue weighted by atomic mass is 9.68. The van der Waals surface area contributed by atoms with E-state index in [4.69, 9.17) is 0 Å². The van der Waals surface area contributed by atoms with Gasteiger partial charge in [0.2, 0.25) is 0 Å². The van der Waals surface area contributed by atoms with Gasteiger partial charge in [0.05, 0.1) is 0 Å². The van der Waals surface area contributed by atoms with Crippen molar-refractivity contribution in [2.24, 2.45) is 11.3 Å². The van der Waals surface area contributed by atoms with Crippen molar-refractivity contribution in [2.45, 2.75) is 58.8 Å². The van der Waals surface area contributed by atoms with E-state index in [9.17, 15) is 4.79 Å². The minimum Gasteiger partial charge on any atom is -0.303 e. The molecule has 1 aliphatic carbocycles. The van der Waals surface area contributed by atoms with Crippen LogP contribution in [0.2, 0.25) is 0 Å². The molecule has 0 aliphatic heterocycles. The summed E-state index contributed by atoms with van der Waals surface area (Å²) in [6, 6.07) is 0. The van der Waals surface area contributed by atoms with Crippen LogP contribution >= 0.6 is 0 Å². The molecule has 76 valence electrons. The molecule has 0 heterocycles. The van der Waals surface area contributed by atoms with Crippen molar-refractivity contribution in [3.05, 3.63) is 0 Å². The third-order valence-electron chi connectivity index (χ3n) is 3.56. The van der Waals surface area contributed by atoms with Gasteiger partial charge in [-0.25, -0.2) is 0 Å². The maximum Gasteiger partial charge on any atom is 0.126 e. The molecule has 1 saturated carbocycles. The van der Waals surface area contributed by atoms with Crippen LogP contribution in [-0.2, 0) is 4.79 Å². The van der Waals surface area contributed by atoms with Crippen molar-refractivity contribution in [2.75, 3.05) is 0 Å².